The largest absolute Gasteiger partial charge is 0.468 e. The maximum Gasteiger partial charge on any atom is 0.422 e. The molecule has 0 aliphatic carbocycles. The highest BCUT2D eigenvalue weighted by Gasteiger charge is 2.29. The maximum absolute atomic E-state index is 12.6. The summed E-state index contributed by atoms with van der Waals surface area (Å²) in [6.07, 6.45) is 0.835. The van der Waals surface area contributed by atoms with Gasteiger partial charge in [0.2, 0.25) is 5.88 Å². The van der Waals surface area contributed by atoms with Gasteiger partial charge in [-0.3, -0.25) is 9.78 Å². The van der Waals surface area contributed by atoms with Crippen LogP contribution in [0.3, 0.4) is 0 Å². The molecule has 0 unspecified atom stereocenters. The number of nitrogens with zero attached hydrogens (tertiary/aromatic N) is 2. The number of ether oxygens (including phenoxy) is 1. The molecule has 0 aliphatic rings. The number of hydrogen-bond acceptors (Lipinski definition) is 4. The van der Waals surface area contributed by atoms with Crippen molar-refractivity contribution >= 4 is 5.78 Å². The van der Waals surface area contributed by atoms with E-state index in [-0.39, 0.29) is 18.1 Å². The quantitative estimate of drug-likeness (QED) is 0.520. The number of hydrogen-bond donors (Lipinski definition) is 0. The number of benzene rings is 1. The van der Waals surface area contributed by atoms with E-state index in [9.17, 15) is 18.0 Å². The van der Waals surface area contributed by atoms with Crippen LogP contribution in [0.2, 0.25) is 0 Å². The number of carbonyl (C=O) groups excluding carboxylic acids is 1. The first-order chi connectivity index (χ1) is 13.9. The van der Waals surface area contributed by atoms with Gasteiger partial charge >= 0.3 is 6.18 Å². The average Bonchev–Trinajstić information content (AvgIpc) is 2.73. The lowest BCUT2D eigenvalue weighted by Gasteiger charge is -2.14. The highest BCUT2D eigenvalue weighted by molar-refractivity contribution is 5.97. The number of rotatable bonds is 7. The van der Waals surface area contributed by atoms with Crippen molar-refractivity contribution in [2.75, 3.05) is 6.61 Å². The smallest absolute Gasteiger partial charge is 0.422 e. The Morgan fingerprint density at radius 2 is 1.83 bits per heavy atom. The molecule has 7 heteroatoms. The molecule has 0 fully saturated rings. The van der Waals surface area contributed by atoms with Gasteiger partial charge in [-0.15, -0.1) is 0 Å². The molecule has 2 heterocycles. The second kappa shape index (κ2) is 8.86. The summed E-state index contributed by atoms with van der Waals surface area (Å²) in [5.41, 5.74) is 3.21. The van der Waals surface area contributed by atoms with Crippen LogP contribution in [0.4, 0.5) is 13.2 Å². The summed E-state index contributed by atoms with van der Waals surface area (Å²) in [5.74, 6) is -0.278. The van der Waals surface area contributed by atoms with E-state index >= 15 is 0 Å². The van der Waals surface area contributed by atoms with E-state index in [4.69, 9.17) is 4.74 Å². The van der Waals surface area contributed by atoms with E-state index in [2.05, 4.69) is 9.97 Å². The van der Waals surface area contributed by atoms with Crippen LogP contribution in [0.25, 0.3) is 11.1 Å². The predicted molar refractivity (Wildman–Crippen MR) is 103 cm³/mol. The van der Waals surface area contributed by atoms with Crippen LogP contribution in [0, 0.1) is 0 Å². The van der Waals surface area contributed by atoms with Crippen molar-refractivity contribution in [2.24, 2.45) is 0 Å². The Hall–Kier alpha value is -3.22. The summed E-state index contributed by atoms with van der Waals surface area (Å²) in [6.45, 7) is 0.576. The SMILES string of the molecule is CCc1ccc(-c2cc(CC(=O)c3cccnc3)cnc2OCC(F)(F)F)cc1. The fourth-order valence-electron chi connectivity index (χ4n) is 2.80. The number of carbonyl (C=O) groups is 1. The molecule has 3 rings (SSSR count). The number of halogens is 3. The van der Waals surface area contributed by atoms with Gasteiger partial charge in [-0.05, 0) is 41.3 Å². The summed E-state index contributed by atoms with van der Waals surface area (Å²) in [4.78, 5) is 20.4. The molecule has 0 saturated carbocycles. The highest BCUT2D eigenvalue weighted by Crippen LogP contribution is 2.31. The first-order valence-electron chi connectivity index (χ1n) is 9.06. The van der Waals surface area contributed by atoms with Gasteiger partial charge in [0.25, 0.3) is 0 Å². The zero-order valence-corrected chi connectivity index (χ0v) is 15.7. The fourth-order valence-corrected chi connectivity index (χ4v) is 2.80. The molecule has 0 spiro atoms. The van der Waals surface area contributed by atoms with Gasteiger partial charge < -0.3 is 4.74 Å². The number of pyridine rings is 2. The van der Waals surface area contributed by atoms with Crippen LogP contribution in [-0.4, -0.2) is 28.5 Å². The molecule has 0 aliphatic heterocycles. The Kier molecular flexibility index (Phi) is 6.26. The number of ketones is 1. The van der Waals surface area contributed by atoms with Crippen LogP contribution < -0.4 is 4.74 Å². The van der Waals surface area contributed by atoms with E-state index in [0.29, 0.717) is 22.3 Å². The minimum Gasteiger partial charge on any atom is -0.468 e. The van der Waals surface area contributed by atoms with Gasteiger partial charge in [0, 0.05) is 36.1 Å². The lowest BCUT2D eigenvalue weighted by Crippen LogP contribution is -2.20. The molecule has 29 heavy (non-hydrogen) atoms. The monoisotopic (exact) mass is 400 g/mol. The predicted octanol–water partition coefficient (Wildman–Crippen LogP) is 5.07. The molecule has 0 atom stereocenters. The van der Waals surface area contributed by atoms with Gasteiger partial charge in [-0.1, -0.05) is 31.2 Å². The zero-order valence-electron chi connectivity index (χ0n) is 15.7. The number of aryl methyl sites for hydroxylation is 1. The fraction of sp³-hybridized carbons (Fsp3) is 0.227. The second-order valence-electron chi connectivity index (χ2n) is 6.49. The van der Waals surface area contributed by atoms with Crippen LogP contribution >= 0.6 is 0 Å². The van der Waals surface area contributed by atoms with Crippen molar-refractivity contribution in [1.82, 2.24) is 9.97 Å². The average molecular weight is 400 g/mol. The lowest BCUT2D eigenvalue weighted by atomic mass is 10.00. The molecule has 0 N–H and O–H groups in total. The molecule has 2 aromatic heterocycles. The second-order valence-corrected chi connectivity index (χ2v) is 6.49. The first kappa shape index (κ1) is 20.5. The van der Waals surface area contributed by atoms with Crippen molar-refractivity contribution in [2.45, 2.75) is 25.9 Å². The van der Waals surface area contributed by atoms with Crippen LogP contribution in [0.15, 0.2) is 61.1 Å². The van der Waals surface area contributed by atoms with Gasteiger partial charge in [-0.25, -0.2) is 4.98 Å². The first-order valence-corrected chi connectivity index (χ1v) is 9.06. The molecule has 150 valence electrons. The third-order valence-electron chi connectivity index (χ3n) is 4.30. The Balaban J connectivity index is 1.92. The Bertz CT molecular complexity index is 972. The van der Waals surface area contributed by atoms with Crippen molar-refractivity contribution in [3.05, 3.63) is 77.7 Å². The van der Waals surface area contributed by atoms with Gasteiger partial charge in [0.15, 0.2) is 12.4 Å². The van der Waals surface area contributed by atoms with Crippen LogP contribution in [0.5, 0.6) is 5.88 Å². The van der Waals surface area contributed by atoms with Crippen molar-refractivity contribution in [3.8, 4) is 17.0 Å². The topological polar surface area (TPSA) is 52.1 Å². The molecule has 0 saturated heterocycles. The van der Waals surface area contributed by atoms with E-state index in [1.54, 1.807) is 24.4 Å². The third-order valence-corrected chi connectivity index (χ3v) is 4.30. The summed E-state index contributed by atoms with van der Waals surface area (Å²) in [6, 6.07) is 12.4. The zero-order chi connectivity index (χ0) is 20.9. The number of Topliss-reactive ketones (excluding diaryl/α,β-unsaturated/α-hetero) is 1. The lowest BCUT2D eigenvalue weighted by molar-refractivity contribution is -0.154. The van der Waals surface area contributed by atoms with E-state index in [0.717, 1.165) is 12.0 Å². The molecular formula is C22H19F3N2O2. The van der Waals surface area contributed by atoms with Crippen molar-refractivity contribution < 1.29 is 22.7 Å². The number of aromatic nitrogens is 2. The molecule has 0 amide bonds. The van der Waals surface area contributed by atoms with E-state index < -0.39 is 12.8 Å². The molecule has 4 nitrogen and oxygen atoms in total. The molecule has 0 radical (unpaired) electrons. The van der Waals surface area contributed by atoms with Gasteiger partial charge in [-0.2, -0.15) is 13.2 Å². The number of alkyl halides is 3. The minimum absolute atomic E-state index is 0.0539. The Morgan fingerprint density at radius 1 is 1.07 bits per heavy atom. The van der Waals surface area contributed by atoms with Crippen molar-refractivity contribution in [1.29, 1.82) is 0 Å². The normalized spacial score (nSPS) is 11.3. The molecule has 0 bridgehead atoms. The van der Waals surface area contributed by atoms with E-state index in [1.165, 1.54) is 12.4 Å². The standard InChI is InChI=1S/C22H19F3N2O2/c1-2-15-5-7-17(8-6-15)19-10-16(11-20(28)18-4-3-9-26-13-18)12-27-21(19)29-14-22(23,24)25/h3-10,12-13H,2,11,14H2,1H3. The summed E-state index contributed by atoms with van der Waals surface area (Å²) in [7, 11) is 0. The summed E-state index contributed by atoms with van der Waals surface area (Å²) in [5, 5.41) is 0. The molecule has 1 aromatic carbocycles. The van der Waals surface area contributed by atoms with Crippen LogP contribution in [-0.2, 0) is 12.8 Å². The van der Waals surface area contributed by atoms with Crippen molar-refractivity contribution in [3.63, 3.8) is 0 Å². The summed E-state index contributed by atoms with van der Waals surface area (Å²) < 4.78 is 42.8. The maximum atomic E-state index is 12.6. The van der Waals surface area contributed by atoms with Crippen LogP contribution in [0.1, 0.15) is 28.4 Å². The Morgan fingerprint density at radius 3 is 2.45 bits per heavy atom. The van der Waals surface area contributed by atoms with Gasteiger partial charge in [0.05, 0.1) is 0 Å². The Labute approximate surface area is 166 Å². The van der Waals surface area contributed by atoms with Gasteiger partial charge in [0.1, 0.15) is 0 Å². The summed E-state index contributed by atoms with van der Waals surface area (Å²) >= 11 is 0. The minimum atomic E-state index is -4.47. The highest BCUT2D eigenvalue weighted by atomic mass is 19.4. The van der Waals surface area contributed by atoms with E-state index in [1.807, 2.05) is 31.2 Å². The molecular weight excluding hydrogens is 381 g/mol. The third kappa shape index (κ3) is 5.63. The molecule has 3 aromatic rings.